The molecule has 0 fully saturated rings. The van der Waals surface area contributed by atoms with Gasteiger partial charge in [-0.15, -0.1) is 0 Å². The maximum absolute atomic E-state index is 2.63. The van der Waals surface area contributed by atoms with Gasteiger partial charge in [0.05, 0.1) is 0 Å². The Bertz CT molecular complexity index is 139. The molecule has 0 unspecified atom stereocenters. The quantitative estimate of drug-likeness (QED) is 0.680. The third-order valence-corrected chi connectivity index (χ3v) is 70.1. The van der Waals surface area contributed by atoms with Gasteiger partial charge in [0.1, 0.15) is 0 Å². The Kier molecular flexibility index (Phi) is 6.62. The summed E-state index contributed by atoms with van der Waals surface area (Å²) in [4.78, 5) is 0. The number of rotatable bonds is 3. The van der Waals surface area contributed by atoms with Crippen molar-refractivity contribution in [3.8, 4) is 0 Å². The minimum absolute atomic E-state index is 0. The van der Waals surface area contributed by atoms with Crippen LogP contribution in [0.25, 0.3) is 0 Å². The van der Waals surface area contributed by atoms with E-state index in [1.54, 1.807) is 0 Å². The molecule has 81 valence electrons. The first-order chi connectivity index (χ1) is 5.37. The molecule has 0 rings (SSSR count). The van der Waals surface area contributed by atoms with E-state index in [4.69, 9.17) is 0 Å². The molecule has 0 amide bonds. The van der Waals surface area contributed by atoms with Crippen LogP contribution in [0.15, 0.2) is 0 Å². The van der Waals surface area contributed by atoms with Crippen molar-refractivity contribution in [3.63, 3.8) is 0 Å². The summed E-state index contributed by atoms with van der Waals surface area (Å²) in [5.74, 6) is 0. The van der Waals surface area contributed by atoms with E-state index in [2.05, 4.69) is 58.9 Å². The van der Waals surface area contributed by atoms with Crippen LogP contribution in [0.3, 0.4) is 0 Å². The van der Waals surface area contributed by atoms with E-state index in [1.807, 2.05) is 0 Å². The Hall–Kier alpha value is 1.46. The van der Waals surface area contributed by atoms with Crippen LogP contribution in [0.5, 0.6) is 0 Å². The van der Waals surface area contributed by atoms with E-state index in [9.17, 15) is 0 Å². The van der Waals surface area contributed by atoms with Crippen molar-refractivity contribution in [1.29, 1.82) is 0 Å². The van der Waals surface area contributed by atoms with Crippen LogP contribution in [-0.2, 0) is 0 Å². The van der Waals surface area contributed by atoms with E-state index in [-0.39, 0.29) is 26.2 Å². The van der Waals surface area contributed by atoms with E-state index < -0.39 is 22.8 Å². The molecule has 0 N–H and O–H groups in total. The van der Waals surface area contributed by atoms with Crippen molar-refractivity contribution in [3.05, 3.63) is 0 Å². The van der Waals surface area contributed by atoms with Crippen LogP contribution >= 0.6 is 0 Å². The van der Waals surface area contributed by atoms with Crippen molar-refractivity contribution in [1.82, 2.24) is 0 Å². The summed E-state index contributed by atoms with van der Waals surface area (Å²) in [5, 5.41) is 0. The van der Waals surface area contributed by atoms with Gasteiger partial charge in [-0.25, -0.2) is 0 Å². The van der Waals surface area contributed by atoms with E-state index in [1.165, 1.54) is 0 Å². The average molecular weight is 256 g/mol. The minimum Gasteiger partial charge on any atom is -0.0721 e. The Labute approximate surface area is 107 Å². The van der Waals surface area contributed by atoms with Gasteiger partial charge in [0, 0.05) is 49.0 Å². The number of hydrogen-bond donors (Lipinski definition) is 0. The Balaban J connectivity index is 0. The molecule has 1 radical (unpaired) electrons. The SMILES string of the molecule is C[Si](C)(C)[SiH]([Si](C)(C)C)[Si](C)(C)C.[Li]. The van der Waals surface area contributed by atoms with E-state index in [0.29, 0.717) is 0 Å². The second-order valence-electron chi connectivity index (χ2n) is 7.53. The van der Waals surface area contributed by atoms with Crippen molar-refractivity contribution in [2.24, 2.45) is 0 Å². The van der Waals surface area contributed by atoms with E-state index in [0.717, 1.165) is 0 Å². The zero-order chi connectivity index (χ0) is 11.1. The number of hydrogen-bond acceptors (Lipinski definition) is 0. The Morgan fingerprint density at radius 2 is 0.643 bits per heavy atom. The fourth-order valence-corrected chi connectivity index (χ4v) is 105. The zero-order valence-electron chi connectivity index (χ0n) is 12.1. The van der Waals surface area contributed by atoms with Gasteiger partial charge in [-0.2, -0.15) is 0 Å². The molecule has 0 bridgehead atoms. The normalized spacial score (nSPS) is 14.1. The van der Waals surface area contributed by atoms with Crippen LogP contribution in [0.2, 0.25) is 58.9 Å². The first-order valence-corrected chi connectivity index (χ1v) is 21.3. The van der Waals surface area contributed by atoms with Gasteiger partial charge in [-0.1, -0.05) is 58.9 Å². The fourth-order valence-electron chi connectivity index (χ4n) is 3.90. The van der Waals surface area contributed by atoms with Crippen LogP contribution in [0.1, 0.15) is 0 Å². The van der Waals surface area contributed by atoms with Gasteiger partial charge in [-0.05, 0) is 0 Å². The molecule has 5 heteroatoms. The molecule has 0 aromatic rings. The van der Waals surface area contributed by atoms with Crippen LogP contribution < -0.4 is 0 Å². The van der Waals surface area contributed by atoms with Crippen molar-refractivity contribution < 1.29 is 0 Å². The molecule has 0 nitrogen and oxygen atoms in total. The van der Waals surface area contributed by atoms with Crippen molar-refractivity contribution in [2.45, 2.75) is 58.9 Å². The second kappa shape index (κ2) is 5.20. The summed E-state index contributed by atoms with van der Waals surface area (Å²) in [6.07, 6.45) is 0. The minimum atomic E-state index is -0.795. The smallest absolute Gasteiger partial charge is 0.0300 e. The molecule has 0 saturated heterocycles. The maximum Gasteiger partial charge on any atom is 0.0300 e. The predicted molar refractivity (Wildman–Crippen MR) is 82.9 cm³/mol. The molecule has 0 aliphatic heterocycles. The third-order valence-electron chi connectivity index (χ3n) is 2.60. The van der Waals surface area contributed by atoms with Crippen LogP contribution in [0.4, 0.5) is 0 Å². The molecule has 0 saturated carbocycles. The fraction of sp³-hybridized carbons (Fsp3) is 1.00. The summed E-state index contributed by atoms with van der Waals surface area (Å²) in [6.45, 7) is 23.6. The van der Waals surface area contributed by atoms with Crippen molar-refractivity contribution >= 4 is 49.0 Å². The van der Waals surface area contributed by atoms with Gasteiger partial charge in [0.2, 0.25) is 0 Å². The maximum atomic E-state index is 2.63. The molecule has 14 heavy (non-hydrogen) atoms. The van der Waals surface area contributed by atoms with Gasteiger partial charge < -0.3 is 0 Å². The predicted octanol–water partition coefficient (Wildman–Crippen LogP) is 3.08. The van der Waals surface area contributed by atoms with E-state index >= 15 is 0 Å². The van der Waals surface area contributed by atoms with Gasteiger partial charge in [0.15, 0.2) is 0 Å². The largest absolute Gasteiger partial charge is 0.0721 e. The molecular weight excluding hydrogens is 227 g/mol. The standard InChI is InChI=1S/C9H28Si4.Li/c1-11(2,3)10(12(4,5)6)13(7,8)9;/h10H,1-9H3;. The topological polar surface area (TPSA) is 0 Å². The van der Waals surface area contributed by atoms with Crippen LogP contribution in [-0.4, -0.2) is 49.0 Å². The molecule has 0 heterocycles. The molecule has 0 aliphatic carbocycles. The molecule has 0 atom stereocenters. The summed E-state index contributed by atoms with van der Waals surface area (Å²) in [6, 6.07) is 0. The van der Waals surface area contributed by atoms with Gasteiger partial charge >= 0.3 is 0 Å². The summed E-state index contributed by atoms with van der Waals surface area (Å²) >= 11 is 0. The van der Waals surface area contributed by atoms with Gasteiger partial charge in [0.25, 0.3) is 0 Å². The monoisotopic (exact) mass is 255 g/mol. The summed E-state index contributed by atoms with van der Waals surface area (Å²) in [5.41, 5.74) is 0. The molecule has 0 spiro atoms. The molecule has 0 aromatic heterocycles. The summed E-state index contributed by atoms with van der Waals surface area (Å²) in [7, 11) is -2.77. The van der Waals surface area contributed by atoms with Crippen molar-refractivity contribution in [2.75, 3.05) is 0 Å². The Morgan fingerprint density at radius 1 is 0.500 bits per heavy atom. The van der Waals surface area contributed by atoms with Crippen LogP contribution in [0, 0.1) is 0 Å². The molecule has 0 aliphatic rings. The van der Waals surface area contributed by atoms with Gasteiger partial charge in [-0.3, -0.25) is 0 Å². The zero-order valence-corrected chi connectivity index (χ0v) is 16.2. The molecular formula is C9H28LiSi4. The third kappa shape index (κ3) is 5.52. The first-order valence-electron chi connectivity index (χ1n) is 5.37. The average Bonchev–Trinajstić information content (AvgIpc) is 1.44. The Morgan fingerprint density at radius 3 is 0.643 bits per heavy atom. The molecule has 0 aromatic carbocycles. The first kappa shape index (κ1) is 17.8. The summed E-state index contributed by atoms with van der Waals surface area (Å²) < 4.78 is 0. The second-order valence-corrected chi connectivity index (χ2v) is 48.6.